The topological polar surface area (TPSA) is 61.4 Å². The van der Waals surface area contributed by atoms with Gasteiger partial charge in [-0.15, -0.1) is 0 Å². The average Bonchev–Trinajstić information content (AvgIpc) is 3.21. The van der Waals surface area contributed by atoms with Gasteiger partial charge in [0.05, 0.1) is 16.9 Å². The first-order chi connectivity index (χ1) is 16.8. The second-order valence-electron chi connectivity index (χ2n) is 8.37. The van der Waals surface area contributed by atoms with Gasteiger partial charge in [-0.3, -0.25) is 9.20 Å². The summed E-state index contributed by atoms with van der Waals surface area (Å²) < 4.78 is 22.4. The third kappa shape index (κ3) is 4.31. The molecule has 0 N–H and O–H groups in total. The van der Waals surface area contributed by atoms with Crippen molar-refractivity contribution in [3.8, 4) is 22.7 Å². The van der Waals surface area contributed by atoms with Gasteiger partial charge >= 0.3 is 0 Å². The summed E-state index contributed by atoms with van der Waals surface area (Å²) >= 11 is 6.21. The van der Waals surface area contributed by atoms with E-state index >= 15 is 0 Å². The lowest BCUT2D eigenvalue weighted by atomic mass is 10.1. The van der Waals surface area contributed by atoms with E-state index in [-0.39, 0.29) is 18.0 Å². The number of fused-ring (bicyclic) bond motifs is 1. The zero-order valence-electron chi connectivity index (χ0n) is 19.4. The number of hydrogen-bond donors (Lipinski definition) is 0. The van der Waals surface area contributed by atoms with Crippen LogP contribution in [0.3, 0.4) is 0 Å². The summed E-state index contributed by atoms with van der Waals surface area (Å²) in [6.07, 6.45) is 1.66. The van der Waals surface area contributed by atoms with E-state index < -0.39 is 0 Å². The van der Waals surface area contributed by atoms with Crippen molar-refractivity contribution < 1.29 is 9.13 Å². The first-order valence-electron chi connectivity index (χ1n) is 11.0. The first-order valence-corrected chi connectivity index (χ1v) is 11.4. The van der Waals surface area contributed by atoms with Gasteiger partial charge in [-0.25, -0.2) is 14.1 Å². The molecule has 3 aromatic heterocycles. The summed E-state index contributed by atoms with van der Waals surface area (Å²) in [6, 6.07) is 17.0. The maximum absolute atomic E-state index is 13.5. The molecule has 0 aliphatic carbocycles. The van der Waals surface area contributed by atoms with E-state index in [0.717, 1.165) is 22.5 Å². The van der Waals surface area contributed by atoms with E-state index in [0.29, 0.717) is 33.4 Å². The first kappa shape index (κ1) is 22.8. The largest absolute Gasteiger partial charge is 0.485 e. The second kappa shape index (κ2) is 9.00. The molecule has 0 aliphatic heterocycles. The molecule has 0 amide bonds. The highest BCUT2D eigenvalue weighted by molar-refractivity contribution is 6.30. The van der Waals surface area contributed by atoms with Crippen LogP contribution in [0.15, 0.2) is 71.7 Å². The van der Waals surface area contributed by atoms with E-state index in [1.165, 1.54) is 16.5 Å². The van der Waals surface area contributed by atoms with Crippen LogP contribution in [0.4, 0.5) is 4.39 Å². The molecule has 5 rings (SSSR count). The maximum Gasteiger partial charge on any atom is 0.267 e. The van der Waals surface area contributed by atoms with Crippen LogP contribution in [0.25, 0.3) is 22.6 Å². The third-order valence-corrected chi connectivity index (χ3v) is 6.09. The van der Waals surface area contributed by atoms with Crippen LogP contribution >= 0.6 is 11.6 Å². The van der Waals surface area contributed by atoms with Crippen LogP contribution in [-0.2, 0) is 6.61 Å². The lowest BCUT2D eigenvalue weighted by Crippen LogP contribution is -2.19. The van der Waals surface area contributed by atoms with Crippen LogP contribution in [0.1, 0.15) is 22.5 Å². The van der Waals surface area contributed by atoms with Gasteiger partial charge in [0.25, 0.3) is 5.56 Å². The molecule has 2 aromatic carbocycles. The SMILES string of the molecule is Cc1ccc(Cl)cc1-n1nc(-c2c(C)nc3c(OCc4ccc(F)cc4)cccn3c2=O)cc1C. The van der Waals surface area contributed by atoms with Gasteiger partial charge in [0.15, 0.2) is 11.4 Å². The molecule has 0 bridgehead atoms. The van der Waals surface area contributed by atoms with E-state index in [1.807, 2.05) is 38.1 Å². The number of hydrogen-bond acceptors (Lipinski definition) is 4. The highest BCUT2D eigenvalue weighted by Gasteiger charge is 2.19. The molecule has 35 heavy (non-hydrogen) atoms. The predicted octanol–water partition coefficient (Wildman–Crippen LogP) is 5.84. The number of aromatic nitrogens is 4. The highest BCUT2D eigenvalue weighted by Crippen LogP contribution is 2.26. The summed E-state index contributed by atoms with van der Waals surface area (Å²) in [6.45, 7) is 5.92. The predicted molar refractivity (Wildman–Crippen MR) is 134 cm³/mol. The van der Waals surface area contributed by atoms with Gasteiger partial charge in [-0.1, -0.05) is 29.8 Å². The van der Waals surface area contributed by atoms with Gasteiger partial charge in [0.2, 0.25) is 0 Å². The van der Waals surface area contributed by atoms with Crippen molar-refractivity contribution in [3.63, 3.8) is 0 Å². The van der Waals surface area contributed by atoms with Crippen molar-refractivity contribution in [2.45, 2.75) is 27.4 Å². The number of ether oxygens (including phenoxy) is 1. The lowest BCUT2D eigenvalue weighted by molar-refractivity contribution is 0.307. The third-order valence-electron chi connectivity index (χ3n) is 5.85. The average molecular weight is 489 g/mol. The minimum atomic E-state index is -0.307. The summed E-state index contributed by atoms with van der Waals surface area (Å²) in [7, 11) is 0. The molecule has 0 radical (unpaired) electrons. The number of rotatable bonds is 5. The highest BCUT2D eigenvalue weighted by atomic mass is 35.5. The Kier molecular flexibility index (Phi) is 5.86. The van der Waals surface area contributed by atoms with Crippen molar-refractivity contribution in [2.75, 3.05) is 0 Å². The molecular weight excluding hydrogens is 467 g/mol. The molecule has 0 saturated carbocycles. The standard InChI is InChI=1S/C27H22ClFN4O2/c1-16-6-9-20(28)14-23(16)33-17(2)13-22(31-33)25-18(3)30-26-24(5-4-12-32(26)27(25)34)35-15-19-7-10-21(29)11-8-19/h4-14H,15H2,1-3H3. The van der Waals surface area contributed by atoms with Gasteiger partial charge in [-0.05, 0) is 74.4 Å². The van der Waals surface area contributed by atoms with Crippen molar-refractivity contribution in [3.05, 3.63) is 111 Å². The minimum Gasteiger partial charge on any atom is -0.485 e. The van der Waals surface area contributed by atoms with E-state index in [1.54, 1.807) is 42.1 Å². The Bertz CT molecular complexity index is 1620. The van der Waals surface area contributed by atoms with Crippen LogP contribution in [-0.4, -0.2) is 19.2 Å². The fraction of sp³-hybridized carbons (Fsp3) is 0.148. The molecular formula is C27H22ClFN4O2. The maximum atomic E-state index is 13.5. The van der Waals surface area contributed by atoms with Crippen LogP contribution in [0.2, 0.25) is 5.02 Å². The fourth-order valence-corrected chi connectivity index (χ4v) is 4.21. The molecule has 3 heterocycles. The smallest absolute Gasteiger partial charge is 0.267 e. The van der Waals surface area contributed by atoms with Crippen molar-refractivity contribution >= 4 is 17.2 Å². The second-order valence-corrected chi connectivity index (χ2v) is 8.81. The molecule has 0 aliphatic rings. The zero-order chi connectivity index (χ0) is 24.7. The summed E-state index contributed by atoms with van der Waals surface area (Å²) in [5.74, 6) is 0.151. The fourth-order valence-electron chi connectivity index (χ4n) is 4.04. The number of pyridine rings is 1. The van der Waals surface area contributed by atoms with Gasteiger partial charge in [0, 0.05) is 16.9 Å². The normalized spacial score (nSPS) is 11.2. The molecule has 176 valence electrons. The van der Waals surface area contributed by atoms with E-state index in [2.05, 4.69) is 0 Å². The molecule has 0 unspecified atom stereocenters. The van der Waals surface area contributed by atoms with E-state index in [9.17, 15) is 9.18 Å². The number of aryl methyl sites for hydroxylation is 3. The summed E-state index contributed by atoms with van der Waals surface area (Å²) in [5, 5.41) is 5.34. The Hall–Kier alpha value is -3.97. The molecule has 6 nitrogen and oxygen atoms in total. The lowest BCUT2D eigenvalue weighted by Gasteiger charge is -2.12. The van der Waals surface area contributed by atoms with Crippen molar-refractivity contribution in [2.24, 2.45) is 0 Å². The van der Waals surface area contributed by atoms with Gasteiger partial charge in [-0.2, -0.15) is 5.10 Å². The molecule has 0 spiro atoms. The van der Waals surface area contributed by atoms with Gasteiger partial charge < -0.3 is 4.74 Å². The number of benzene rings is 2. The molecule has 8 heteroatoms. The Balaban J connectivity index is 1.56. The van der Waals surface area contributed by atoms with Crippen LogP contribution in [0, 0.1) is 26.6 Å². The molecule has 5 aromatic rings. The Morgan fingerprint density at radius 2 is 1.80 bits per heavy atom. The van der Waals surface area contributed by atoms with Crippen LogP contribution < -0.4 is 10.3 Å². The Morgan fingerprint density at radius 3 is 2.57 bits per heavy atom. The van der Waals surface area contributed by atoms with Crippen molar-refractivity contribution in [1.82, 2.24) is 19.2 Å². The summed E-state index contributed by atoms with van der Waals surface area (Å²) in [5.41, 5.74) is 5.19. The monoisotopic (exact) mass is 488 g/mol. The molecule has 0 fully saturated rings. The van der Waals surface area contributed by atoms with Gasteiger partial charge in [0.1, 0.15) is 18.1 Å². The summed E-state index contributed by atoms with van der Waals surface area (Å²) in [4.78, 5) is 18.2. The number of nitrogens with zero attached hydrogens (tertiary/aromatic N) is 4. The Morgan fingerprint density at radius 1 is 1.03 bits per heavy atom. The minimum absolute atomic E-state index is 0.221. The van der Waals surface area contributed by atoms with Crippen molar-refractivity contribution in [1.29, 1.82) is 0 Å². The van der Waals surface area contributed by atoms with Crippen LogP contribution in [0.5, 0.6) is 5.75 Å². The number of halogens is 2. The molecule has 0 atom stereocenters. The Labute approximate surface area is 206 Å². The molecule has 0 saturated heterocycles. The quantitative estimate of drug-likeness (QED) is 0.311. The zero-order valence-corrected chi connectivity index (χ0v) is 20.2. The van der Waals surface area contributed by atoms with E-state index in [4.69, 9.17) is 26.4 Å².